The molecule has 1 aliphatic rings. The molecule has 1 aliphatic carbocycles. The Labute approximate surface area is 113 Å². The molecule has 2 nitrogen and oxygen atoms in total. The maximum absolute atomic E-state index is 6.00. The van der Waals surface area contributed by atoms with Gasteiger partial charge in [-0.2, -0.15) is 0 Å². The van der Waals surface area contributed by atoms with Crippen LogP contribution in [0.4, 0.5) is 0 Å². The van der Waals surface area contributed by atoms with Crippen LogP contribution in [0.25, 0.3) is 0 Å². The van der Waals surface area contributed by atoms with Crippen molar-refractivity contribution in [1.29, 1.82) is 0 Å². The van der Waals surface area contributed by atoms with Crippen molar-refractivity contribution in [2.45, 2.75) is 83.5 Å². The normalized spacial score (nSPS) is 22.1. The molecule has 0 aromatic heterocycles. The van der Waals surface area contributed by atoms with E-state index in [-0.39, 0.29) is 6.29 Å². The van der Waals surface area contributed by atoms with Crippen LogP contribution in [-0.2, 0) is 9.47 Å². The van der Waals surface area contributed by atoms with E-state index in [1.807, 2.05) is 6.92 Å². The van der Waals surface area contributed by atoms with Crippen LogP contribution < -0.4 is 0 Å². The smallest absolute Gasteiger partial charge is 0.155 e. The summed E-state index contributed by atoms with van der Waals surface area (Å²) in [5.41, 5.74) is 0. The summed E-state index contributed by atoms with van der Waals surface area (Å²) in [4.78, 5) is 0. The molecule has 1 atom stereocenters. The van der Waals surface area contributed by atoms with Gasteiger partial charge in [0.1, 0.15) is 0 Å². The summed E-state index contributed by atoms with van der Waals surface area (Å²) in [5.74, 6) is 0. The van der Waals surface area contributed by atoms with Crippen LogP contribution in [0.5, 0.6) is 0 Å². The highest BCUT2D eigenvalue weighted by Gasteiger charge is 2.13. The van der Waals surface area contributed by atoms with Crippen LogP contribution in [0.1, 0.15) is 71.1 Å². The molecule has 0 aromatic rings. The molecule has 1 unspecified atom stereocenters. The first-order valence-corrected chi connectivity index (χ1v) is 7.71. The standard InChI is InChI=1S/C16H30O2/c1-3-14-17-15(2)18-16-12-10-8-6-4-5-7-9-11-13-16/h3,15-16H,1,4-14H2,2H3. The number of ether oxygens (including phenoxy) is 2. The Bertz CT molecular complexity index is 191. The summed E-state index contributed by atoms with van der Waals surface area (Å²) in [5, 5.41) is 0. The van der Waals surface area contributed by atoms with Crippen molar-refractivity contribution in [3.8, 4) is 0 Å². The quantitative estimate of drug-likeness (QED) is 0.516. The Morgan fingerprint density at radius 2 is 1.50 bits per heavy atom. The predicted octanol–water partition coefficient (Wildman–Crippen LogP) is 4.83. The minimum atomic E-state index is -0.0990. The van der Waals surface area contributed by atoms with E-state index in [2.05, 4.69) is 6.58 Å². The Hall–Kier alpha value is -0.340. The second-order valence-electron chi connectivity index (χ2n) is 5.35. The van der Waals surface area contributed by atoms with Crippen molar-refractivity contribution in [3.63, 3.8) is 0 Å². The summed E-state index contributed by atoms with van der Waals surface area (Å²) in [6, 6.07) is 0. The fourth-order valence-corrected chi connectivity index (χ4v) is 2.60. The molecule has 1 rings (SSSR count). The molecule has 0 aliphatic heterocycles. The molecule has 0 amide bonds. The summed E-state index contributed by atoms with van der Waals surface area (Å²) in [6.07, 6.45) is 15.4. The number of hydrogen-bond donors (Lipinski definition) is 0. The SMILES string of the molecule is C=CCOC(C)OC1CCCCCCCCCC1. The van der Waals surface area contributed by atoms with E-state index < -0.39 is 0 Å². The molecule has 0 aromatic carbocycles. The lowest BCUT2D eigenvalue weighted by molar-refractivity contribution is -0.157. The first-order valence-electron chi connectivity index (χ1n) is 7.71. The van der Waals surface area contributed by atoms with Gasteiger partial charge in [-0.3, -0.25) is 0 Å². The van der Waals surface area contributed by atoms with Gasteiger partial charge >= 0.3 is 0 Å². The van der Waals surface area contributed by atoms with E-state index in [1.54, 1.807) is 6.08 Å². The van der Waals surface area contributed by atoms with Crippen molar-refractivity contribution in [2.75, 3.05) is 6.61 Å². The van der Waals surface area contributed by atoms with E-state index in [0.717, 1.165) is 0 Å². The molecule has 1 saturated carbocycles. The van der Waals surface area contributed by atoms with E-state index >= 15 is 0 Å². The molecule has 1 fully saturated rings. The van der Waals surface area contributed by atoms with Crippen molar-refractivity contribution in [3.05, 3.63) is 12.7 Å². The van der Waals surface area contributed by atoms with Gasteiger partial charge in [0.2, 0.25) is 0 Å². The molecule has 2 heteroatoms. The van der Waals surface area contributed by atoms with Gasteiger partial charge in [-0.15, -0.1) is 6.58 Å². The Morgan fingerprint density at radius 1 is 1.00 bits per heavy atom. The predicted molar refractivity (Wildman–Crippen MR) is 76.7 cm³/mol. The number of rotatable bonds is 5. The van der Waals surface area contributed by atoms with Gasteiger partial charge in [-0.25, -0.2) is 0 Å². The lowest BCUT2D eigenvalue weighted by atomic mass is 10.1. The van der Waals surface area contributed by atoms with E-state index in [0.29, 0.717) is 12.7 Å². The summed E-state index contributed by atoms with van der Waals surface area (Å²) < 4.78 is 11.5. The molecule has 0 radical (unpaired) electrons. The molecule has 18 heavy (non-hydrogen) atoms. The minimum Gasteiger partial charge on any atom is -0.350 e. The second-order valence-corrected chi connectivity index (χ2v) is 5.35. The topological polar surface area (TPSA) is 18.5 Å². The maximum atomic E-state index is 6.00. The third-order valence-corrected chi connectivity index (χ3v) is 3.64. The van der Waals surface area contributed by atoms with Crippen molar-refractivity contribution in [2.24, 2.45) is 0 Å². The summed E-state index contributed by atoms with van der Waals surface area (Å²) in [7, 11) is 0. The molecule has 0 saturated heterocycles. The van der Waals surface area contributed by atoms with E-state index in [1.165, 1.54) is 64.2 Å². The van der Waals surface area contributed by atoms with Crippen LogP contribution >= 0.6 is 0 Å². The first kappa shape index (κ1) is 15.7. The van der Waals surface area contributed by atoms with Gasteiger partial charge in [-0.05, 0) is 19.8 Å². The van der Waals surface area contributed by atoms with Crippen molar-refractivity contribution >= 4 is 0 Å². The zero-order chi connectivity index (χ0) is 13.1. The monoisotopic (exact) mass is 254 g/mol. The third-order valence-electron chi connectivity index (χ3n) is 3.64. The van der Waals surface area contributed by atoms with Crippen molar-refractivity contribution < 1.29 is 9.47 Å². The molecule has 0 spiro atoms. The van der Waals surface area contributed by atoms with Crippen LogP contribution in [0.15, 0.2) is 12.7 Å². The zero-order valence-electron chi connectivity index (χ0n) is 12.0. The summed E-state index contributed by atoms with van der Waals surface area (Å²) >= 11 is 0. The highest BCUT2D eigenvalue weighted by atomic mass is 16.7. The molecule has 0 bridgehead atoms. The third kappa shape index (κ3) is 7.88. The molecular formula is C16H30O2. The van der Waals surface area contributed by atoms with Crippen molar-refractivity contribution in [1.82, 2.24) is 0 Å². The fraction of sp³-hybridized carbons (Fsp3) is 0.875. The maximum Gasteiger partial charge on any atom is 0.155 e. The van der Waals surface area contributed by atoms with Crippen LogP contribution in [0.2, 0.25) is 0 Å². The van der Waals surface area contributed by atoms with Crippen LogP contribution in [0, 0.1) is 0 Å². The van der Waals surface area contributed by atoms with Gasteiger partial charge in [0.25, 0.3) is 0 Å². The Balaban J connectivity index is 2.26. The highest BCUT2D eigenvalue weighted by molar-refractivity contribution is 4.65. The number of hydrogen-bond acceptors (Lipinski definition) is 2. The summed E-state index contributed by atoms with van der Waals surface area (Å²) in [6.45, 7) is 6.23. The lowest BCUT2D eigenvalue weighted by Crippen LogP contribution is -2.22. The van der Waals surface area contributed by atoms with Gasteiger partial charge in [-0.1, -0.05) is 57.4 Å². The largest absolute Gasteiger partial charge is 0.350 e. The van der Waals surface area contributed by atoms with Gasteiger partial charge < -0.3 is 9.47 Å². The van der Waals surface area contributed by atoms with Gasteiger partial charge in [0.15, 0.2) is 6.29 Å². The van der Waals surface area contributed by atoms with Crippen LogP contribution in [0.3, 0.4) is 0 Å². The average molecular weight is 254 g/mol. The second kappa shape index (κ2) is 10.6. The Morgan fingerprint density at radius 3 is 2.00 bits per heavy atom. The lowest BCUT2D eigenvalue weighted by Gasteiger charge is -2.22. The van der Waals surface area contributed by atoms with Gasteiger partial charge in [0.05, 0.1) is 12.7 Å². The van der Waals surface area contributed by atoms with Gasteiger partial charge in [0, 0.05) is 0 Å². The van der Waals surface area contributed by atoms with E-state index in [9.17, 15) is 0 Å². The first-order chi connectivity index (χ1) is 8.83. The Kier molecular flexibility index (Phi) is 9.23. The van der Waals surface area contributed by atoms with Crippen LogP contribution in [-0.4, -0.2) is 19.0 Å². The fourth-order valence-electron chi connectivity index (χ4n) is 2.60. The molecule has 0 heterocycles. The highest BCUT2D eigenvalue weighted by Crippen LogP contribution is 2.20. The van der Waals surface area contributed by atoms with E-state index in [4.69, 9.17) is 9.47 Å². The molecular weight excluding hydrogens is 224 g/mol. The minimum absolute atomic E-state index is 0.0990. The zero-order valence-corrected chi connectivity index (χ0v) is 12.0. The molecule has 106 valence electrons. The molecule has 0 N–H and O–H groups in total. The average Bonchev–Trinajstić information content (AvgIpc) is 2.42.